The van der Waals surface area contributed by atoms with Gasteiger partial charge in [-0.25, -0.2) is 4.98 Å². The fraction of sp³-hybridized carbons (Fsp3) is 0.238. The summed E-state index contributed by atoms with van der Waals surface area (Å²) in [6.45, 7) is 1.54. The first-order chi connectivity index (χ1) is 12.8. The van der Waals surface area contributed by atoms with Gasteiger partial charge in [-0.15, -0.1) is 0 Å². The third-order valence-corrected chi connectivity index (χ3v) is 4.10. The van der Waals surface area contributed by atoms with E-state index < -0.39 is 0 Å². The summed E-state index contributed by atoms with van der Waals surface area (Å²) < 4.78 is 10.7. The minimum Gasteiger partial charge on any atom is -0.497 e. The Labute approximate surface area is 154 Å². The minimum atomic E-state index is 0.747. The average Bonchev–Trinajstić information content (AvgIpc) is 2.72. The molecule has 0 unspecified atom stereocenters. The van der Waals surface area contributed by atoms with E-state index in [1.807, 2.05) is 54.9 Å². The summed E-state index contributed by atoms with van der Waals surface area (Å²) in [5.74, 6) is 2.42. The van der Waals surface area contributed by atoms with E-state index in [1.165, 1.54) is 5.56 Å². The molecule has 5 nitrogen and oxygen atoms in total. The van der Waals surface area contributed by atoms with Crippen LogP contribution in [-0.4, -0.2) is 30.7 Å². The highest BCUT2D eigenvalue weighted by Crippen LogP contribution is 2.23. The first-order valence-electron chi connectivity index (χ1n) is 8.47. The number of nitrogens with zero attached hydrogens (tertiary/aromatic N) is 3. The molecular formula is C21H22N3O2. The third-order valence-electron chi connectivity index (χ3n) is 4.10. The van der Waals surface area contributed by atoms with Gasteiger partial charge in [0.15, 0.2) is 0 Å². The molecule has 5 heteroatoms. The van der Waals surface area contributed by atoms with Gasteiger partial charge in [0.2, 0.25) is 0 Å². The van der Waals surface area contributed by atoms with Crippen molar-refractivity contribution in [2.24, 2.45) is 0 Å². The van der Waals surface area contributed by atoms with Gasteiger partial charge in [-0.05, 0) is 53.9 Å². The van der Waals surface area contributed by atoms with Crippen molar-refractivity contribution in [3.8, 4) is 11.5 Å². The van der Waals surface area contributed by atoms with E-state index in [0.29, 0.717) is 0 Å². The van der Waals surface area contributed by atoms with Crippen molar-refractivity contribution in [2.45, 2.75) is 13.0 Å². The summed E-state index contributed by atoms with van der Waals surface area (Å²) in [5, 5.41) is 0. The average molecular weight is 348 g/mol. The van der Waals surface area contributed by atoms with Gasteiger partial charge in [0, 0.05) is 43.8 Å². The fourth-order valence-corrected chi connectivity index (χ4v) is 2.73. The molecule has 0 aliphatic rings. The van der Waals surface area contributed by atoms with Crippen LogP contribution >= 0.6 is 0 Å². The quantitative estimate of drug-likeness (QED) is 0.623. The van der Waals surface area contributed by atoms with Crippen molar-refractivity contribution in [2.75, 3.05) is 25.7 Å². The summed E-state index contributed by atoms with van der Waals surface area (Å²) in [7, 11) is 3.33. The molecule has 0 saturated heterocycles. The second-order valence-corrected chi connectivity index (χ2v) is 5.85. The lowest BCUT2D eigenvalue weighted by atomic mass is 10.1. The molecule has 0 fully saturated rings. The van der Waals surface area contributed by atoms with Crippen molar-refractivity contribution in [3.63, 3.8) is 0 Å². The molecule has 0 bridgehead atoms. The van der Waals surface area contributed by atoms with Crippen LogP contribution in [0, 0.1) is 6.07 Å². The van der Waals surface area contributed by atoms with E-state index >= 15 is 0 Å². The SMILES string of the molecule is COc1cc(CCN(Cc2ccncc2)c2[c]cccn2)cc(OC)c1. The molecule has 0 amide bonds. The van der Waals surface area contributed by atoms with E-state index in [1.54, 1.807) is 20.4 Å². The van der Waals surface area contributed by atoms with Crippen LogP contribution in [0.15, 0.2) is 61.1 Å². The van der Waals surface area contributed by atoms with Crippen LogP contribution in [0.5, 0.6) is 11.5 Å². The van der Waals surface area contributed by atoms with Crippen LogP contribution in [0.4, 0.5) is 5.82 Å². The van der Waals surface area contributed by atoms with E-state index in [-0.39, 0.29) is 0 Å². The predicted molar refractivity (Wildman–Crippen MR) is 102 cm³/mol. The lowest BCUT2D eigenvalue weighted by Gasteiger charge is -2.24. The van der Waals surface area contributed by atoms with Crippen molar-refractivity contribution in [1.82, 2.24) is 9.97 Å². The molecular weight excluding hydrogens is 326 g/mol. The highest BCUT2D eigenvalue weighted by molar-refractivity contribution is 5.41. The largest absolute Gasteiger partial charge is 0.497 e. The topological polar surface area (TPSA) is 47.5 Å². The van der Waals surface area contributed by atoms with Gasteiger partial charge in [0.1, 0.15) is 17.3 Å². The van der Waals surface area contributed by atoms with Crippen molar-refractivity contribution in [3.05, 3.63) is 78.2 Å². The van der Waals surface area contributed by atoms with Crippen LogP contribution in [0.3, 0.4) is 0 Å². The molecule has 26 heavy (non-hydrogen) atoms. The summed E-state index contributed by atoms with van der Waals surface area (Å²) in [6.07, 6.45) is 6.24. The van der Waals surface area contributed by atoms with Crippen molar-refractivity contribution < 1.29 is 9.47 Å². The Morgan fingerprint density at radius 2 is 1.69 bits per heavy atom. The molecule has 0 N–H and O–H groups in total. The van der Waals surface area contributed by atoms with Crippen LogP contribution in [0.25, 0.3) is 0 Å². The Kier molecular flexibility index (Phi) is 6.04. The first kappa shape index (κ1) is 17.7. The molecule has 0 aliphatic heterocycles. The minimum absolute atomic E-state index is 0.747. The zero-order chi connectivity index (χ0) is 18.2. The Balaban J connectivity index is 1.78. The predicted octanol–water partition coefficient (Wildman–Crippen LogP) is 3.54. The second-order valence-electron chi connectivity index (χ2n) is 5.85. The molecule has 1 aromatic carbocycles. The summed E-state index contributed by atoms with van der Waals surface area (Å²) in [6, 6.07) is 17.0. The van der Waals surface area contributed by atoms with Crippen LogP contribution < -0.4 is 14.4 Å². The number of hydrogen-bond donors (Lipinski definition) is 0. The zero-order valence-corrected chi connectivity index (χ0v) is 15.1. The number of hydrogen-bond acceptors (Lipinski definition) is 5. The zero-order valence-electron chi connectivity index (χ0n) is 15.1. The summed E-state index contributed by atoms with van der Waals surface area (Å²) >= 11 is 0. The number of ether oxygens (including phenoxy) is 2. The van der Waals surface area contributed by atoms with Gasteiger partial charge in [-0.1, -0.05) is 0 Å². The van der Waals surface area contributed by atoms with Crippen LogP contribution in [-0.2, 0) is 13.0 Å². The Hall–Kier alpha value is -3.08. The van der Waals surface area contributed by atoms with Crippen molar-refractivity contribution >= 4 is 5.82 Å². The van der Waals surface area contributed by atoms with E-state index in [4.69, 9.17) is 9.47 Å². The number of aromatic nitrogens is 2. The van der Waals surface area contributed by atoms with Gasteiger partial charge in [-0.2, -0.15) is 0 Å². The maximum atomic E-state index is 5.37. The lowest BCUT2D eigenvalue weighted by Crippen LogP contribution is -2.26. The number of methoxy groups -OCH3 is 2. The van der Waals surface area contributed by atoms with Gasteiger partial charge in [0.05, 0.1) is 14.2 Å². The standard InChI is InChI=1S/C21H22N3O2/c1-25-19-13-18(14-20(15-19)26-2)8-12-24(21-5-3-4-9-23-21)16-17-6-10-22-11-7-17/h3-4,6-7,9-11,13-15H,8,12,16H2,1-2H3. The molecule has 0 atom stereocenters. The normalized spacial score (nSPS) is 10.4. The Bertz CT molecular complexity index is 788. The number of anilines is 1. The van der Waals surface area contributed by atoms with Gasteiger partial charge >= 0.3 is 0 Å². The summed E-state index contributed by atoms with van der Waals surface area (Å²) in [5.41, 5.74) is 2.33. The molecule has 2 heterocycles. The maximum absolute atomic E-state index is 5.37. The molecule has 0 spiro atoms. The third kappa shape index (κ3) is 4.72. The molecule has 0 aliphatic carbocycles. The monoisotopic (exact) mass is 348 g/mol. The molecule has 1 radical (unpaired) electrons. The lowest BCUT2D eigenvalue weighted by molar-refractivity contribution is 0.393. The smallest absolute Gasteiger partial charge is 0.136 e. The molecule has 133 valence electrons. The van der Waals surface area contributed by atoms with Gasteiger partial charge in [0.25, 0.3) is 0 Å². The number of pyridine rings is 2. The maximum Gasteiger partial charge on any atom is 0.136 e. The molecule has 0 saturated carbocycles. The Morgan fingerprint density at radius 1 is 0.962 bits per heavy atom. The molecule has 3 rings (SSSR count). The summed E-state index contributed by atoms with van der Waals surface area (Å²) in [4.78, 5) is 10.8. The van der Waals surface area contributed by atoms with Gasteiger partial charge in [-0.3, -0.25) is 4.98 Å². The van der Waals surface area contributed by atoms with E-state index in [2.05, 4.69) is 20.9 Å². The van der Waals surface area contributed by atoms with Crippen LogP contribution in [0.2, 0.25) is 0 Å². The van der Waals surface area contributed by atoms with E-state index in [9.17, 15) is 0 Å². The van der Waals surface area contributed by atoms with Crippen molar-refractivity contribution in [1.29, 1.82) is 0 Å². The Morgan fingerprint density at radius 3 is 2.31 bits per heavy atom. The second kappa shape index (κ2) is 8.85. The van der Waals surface area contributed by atoms with Gasteiger partial charge < -0.3 is 14.4 Å². The van der Waals surface area contributed by atoms with Crippen LogP contribution in [0.1, 0.15) is 11.1 Å². The number of benzene rings is 1. The van der Waals surface area contributed by atoms with E-state index in [0.717, 1.165) is 42.4 Å². The molecule has 2 aromatic heterocycles. The first-order valence-corrected chi connectivity index (χ1v) is 8.47. The highest BCUT2D eigenvalue weighted by Gasteiger charge is 2.10. The molecule has 3 aromatic rings. The fourth-order valence-electron chi connectivity index (χ4n) is 2.73. The number of rotatable bonds is 8. The highest BCUT2D eigenvalue weighted by atomic mass is 16.5.